The fourth-order valence-corrected chi connectivity index (χ4v) is 3.57. The van der Waals surface area contributed by atoms with Crippen LogP contribution in [0.3, 0.4) is 0 Å². The van der Waals surface area contributed by atoms with Gasteiger partial charge in [0.15, 0.2) is 0 Å². The summed E-state index contributed by atoms with van der Waals surface area (Å²) in [5.74, 6) is 3.07. The molecule has 0 bridgehead atoms. The van der Waals surface area contributed by atoms with Gasteiger partial charge in [0.05, 0.1) is 25.0 Å². The van der Waals surface area contributed by atoms with Gasteiger partial charge in [-0.25, -0.2) is 4.68 Å². The SMILES string of the molecule is O=c1c(Br)c(NCC2CCSC2)cnn1CCO. The van der Waals surface area contributed by atoms with Crippen molar-refractivity contribution in [3.05, 3.63) is 21.0 Å². The summed E-state index contributed by atoms with van der Waals surface area (Å²) in [6.45, 7) is 0.999. The lowest BCUT2D eigenvalue weighted by Gasteiger charge is -2.13. The number of halogens is 1. The van der Waals surface area contributed by atoms with E-state index in [1.54, 1.807) is 6.20 Å². The van der Waals surface area contributed by atoms with Gasteiger partial charge in [0, 0.05) is 6.54 Å². The zero-order valence-corrected chi connectivity index (χ0v) is 12.3. The molecule has 2 heterocycles. The molecule has 1 aromatic heterocycles. The van der Waals surface area contributed by atoms with Crippen molar-refractivity contribution in [3.8, 4) is 0 Å². The topological polar surface area (TPSA) is 67.2 Å². The molecule has 18 heavy (non-hydrogen) atoms. The molecule has 1 aliphatic heterocycles. The van der Waals surface area contributed by atoms with Crippen LogP contribution in [0.25, 0.3) is 0 Å². The average Bonchev–Trinajstić information content (AvgIpc) is 2.87. The highest BCUT2D eigenvalue weighted by atomic mass is 79.9. The van der Waals surface area contributed by atoms with Crippen LogP contribution in [0.4, 0.5) is 5.69 Å². The number of hydrogen-bond acceptors (Lipinski definition) is 5. The smallest absolute Gasteiger partial charge is 0.283 e. The first kappa shape index (κ1) is 13.9. The molecule has 1 fully saturated rings. The highest BCUT2D eigenvalue weighted by Gasteiger charge is 2.16. The second-order valence-electron chi connectivity index (χ2n) is 4.23. The van der Waals surface area contributed by atoms with Gasteiger partial charge in [0.2, 0.25) is 0 Å². The Kier molecular flexibility index (Phi) is 5.08. The Morgan fingerprint density at radius 2 is 2.50 bits per heavy atom. The standard InChI is InChI=1S/C11H16BrN3O2S/c12-10-9(13-5-8-1-4-18-7-8)6-14-15(2-3-16)11(10)17/h6,8,13,16H,1-5,7H2. The van der Waals surface area contributed by atoms with Crippen molar-refractivity contribution in [1.82, 2.24) is 9.78 Å². The average molecular weight is 334 g/mol. The third-order valence-corrected chi connectivity index (χ3v) is 4.90. The Balaban J connectivity index is 2.04. The summed E-state index contributed by atoms with van der Waals surface area (Å²) in [5.41, 5.74) is 0.515. The Labute approximate surface area is 118 Å². The third-order valence-electron chi connectivity index (χ3n) is 2.90. The van der Waals surface area contributed by atoms with Gasteiger partial charge in [-0.2, -0.15) is 16.9 Å². The van der Waals surface area contributed by atoms with Gasteiger partial charge in [-0.05, 0) is 39.8 Å². The maximum absolute atomic E-state index is 11.9. The number of hydrogen-bond donors (Lipinski definition) is 2. The monoisotopic (exact) mass is 333 g/mol. The van der Waals surface area contributed by atoms with E-state index >= 15 is 0 Å². The van der Waals surface area contributed by atoms with Crippen LogP contribution in [0.1, 0.15) is 6.42 Å². The molecule has 0 aliphatic carbocycles. The van der Waals surface area contributed by atoms with Crippen LogP contribution >= 0.6 is 27.7 Å². The van der Waals surface area contributed by atoms with Crippen LogP contribution < -0.4 is 10.9 Å². The summed E-state index contributed by atoms with van der Waals surface area (Å²) in [6, 6.07) is 0. The van der Waals surface area contributed by atoms with Crippen LogP contribution in [-0.4, -0.2) is 39.5 Å². The van der Waals surface area contributed by atoms with E-state index in [0.717, 1.165) is 12.2 Å². The van der Waals surface area contributed by atoms with Gasteiger partial charge in [-0.1, -0.05) is 0 Å². The number of aliphatic hydroxyl groups excluding tert-OH is 1. The maximum Gasteiger partial charge on any atom is 0.283 e. The van der Waals surface area contributed by atoms with Gasteiger partial charge >= 0.3 is 0 Å². The molecule has 1 aliphatic rings. The summed E-state index contributed by atoms with van der Waals surface area (Å²) in [6.07, 6.45) is 2.85. The van der Waals surface area contributed by atoms with Crippen LogP contribution in [-0.2, 0) is 6.54 Å². The number of aromatic nitrogens is 2. The fourth-order valence-electron chi connectivity index (χ4n) is 1.84. The van der Waals surface area contributed by atoms with E-state index in [4.69, 9.17) is 5.11 Å². The van der Waals surface area contributed by atoms with Crippen molar-refractivity contribution in [2.75, 3.05) is 30.0 Å². The predicted octanol–water partition coefficient (Wildman–Crippen LogP) is 1.16. The van der Waals surface area contributed by atoms with Crippen molar-refractivity contribution < 1.29 is 5.11 Å². The van der Waals surface area contributed by atoms with Crippen LogP contribution in [0, 0.1) is 5.92 Å². The number of rotatable bonds is 5. The summed E-state index contributed by atoms with van der Waals surface area (Å²) in [4.78, 5) is 11.9. The number of nitrogens with zero attached hydrogens (tertiary/aromatic N) is 2. The number of thioether (sulfide) groups is 1. The van der Waals surface area contributed by atoms with E-state index < -0.39 is 0 Å². The molecular weight excluding hydrogens is 318 g/mol. The molecule has 2 rings (SSSR count). The Bertz CT molecular complexity index is 460. The van der Waals surface area contributed by atoms with Gasteiger partial charge in [0.25, 0.3) is 5.56 Å². The molecule has 2 N–H and O–H groups in total. The van der Waals surface area contributed by atoms with Crippen molar-refractivity contribution >= 4 is 33.4 Å². The van der Waals surface area contributed by atoms with Crippen LogP contribution in [0.2, 0.25) is 0 Å². The Hall–Kier alpha value is -0.530. The quantitative estimate of drug-likeness (QED) is 0.846. The molecule has 0 spiro atoms. The molecule has 5 nitrogen and oxygen atoms in total. The Morgan fingerprint density at radius 1 is 1.67 bits per heavy atom. The van der Waals surface area contributed by atoms with E-state index in [1.807, 2.05) is 11.8 Å². The summed E-state index contributed by atoms with van der Waals surface area (Å²) >= 11 is 5.26. The second kappa shape index (κ2) is 6.58. The van der Waals surface area contributed by atoms with E-state index in [0.29, 0.717) is 10.4 Å². The zero-order valence-electron chi connectivity index (χ0n) is 9.93. The predicted molar refractivity (Wildman–Crippen MR) is 77.2 cm³/mol. The molecule has 0 aromatic carbocycles. The molecule has 1 atom stereocenters. The summed E-state index contributed by atoms with van der Waals surface area (Å²) in [5, 5.41) is 16.1. The first-order chi connectivity index (χ1) is 8.72. The first-order valence-corrected chi connectivity index (χ1v) is 7.85. The van der Waals surface area contributed by atoms with Crippen molar-refractivity contribution in [2.45, 2.75) is 13.0 Å². The maximum atomic E-state index is 11.9. The lowest BCUT2D eigenvalue weighted by atomic mass is 10.1. The number of nitrogens with one attached hydrogen (secondary N) is 1. The van der Waals surface area contributed by atoms with Crippen molar-refractivity contribution in [2.24, 2.45) is 5.92 Å². The second-order valence-corrected chi connectivity index (χ2v) is 6.18. The largest absolute Gasteiger partial charge is 0.394 e. The lowest BCUT2D eigenvalue weighted by Crippen LogP contribution is -2.26. The molecular formula is C11H16BrN3O2S. The van der Waals surface area contributed by atoms with Crippen molar-refractivity contribution in [3.63, 3.8) is 0 Å². The van der Waals surface area contributed by atoms with Crippen molar-refractivity contribution in [1.29, 1.82) is 0 Å². The van der Waals surface area contributed by atoms with E-state index in [-0.39, 0.29) is 18.7 Å². The number of aliphatic hydroxyl groups is 1. The molecule has 100 valence electrons. The summed E-state index contributed by atoms with van der Waals surface area (Å²) < 4.78 is 1.73. The van der Waals surface area contributed by atoms with Gasteiger partial charge in [-0.15, -0.1) is 0 Å². The molecule has 0 saturated carbocycles. The summed E-state index contributed by atoms with van der Waals surface area (Å²) in [7, 11) is 0. The molecule has 1 saturated heterocycles. The molecule has 0 amide bonds. The number of anilines is 1. The van der Waals surface area contributed by atoms with E-state index in [2.05, 4.69) is 26.3 Å². The van der Waals surface area contributed by atoms with E-state index in [1.165, 1.54) is 22.6 Å². The normalized spacial score (nSPS) is 19.1. The minimum absolute atomic E-state index is 0.0918. The van der Waals surface area contributed by atoms with Crippen LogP contribution in [0.15, 0.2) is 15.5 Å². The zero-order chi connectivity index (χ0) is 13.0. The molecule has 7 heteroatoms. The minimum atomic E-state index is -0.213. The van der Waals surface area contributed by atoms with Crippen LogP contribution in [0.5, 0.6) is 0 Å². The van der Waals surface area contributed by atoms with Gasteiger partial charge < -0.3 is 10.4 Å². The minimum Gasteiger partial charge on any atom is -0.394 e. The molecule has 1 aromatic rings. The lowest BCUT2D eigenvalue weighted by molar-refractivity contribution is 0.266. The van der Waals surface area contributed by atoms with Gasteiger partial charge in [-0.3, -0.25) is 4.79 Å². The molecule has 1 unspecified atom stereocenters. The Morgan fingerprint density at radius 3 is 3.17 bits per heavy atom. The van der Waals surface area contributed by atoms with E-state index in [9.17, 15) is 4.79 Å². The highest BCUT2D eigenvalue weighted by Crippen LogP contribution is 2.24. The van der Waals surface area contributed by atoms with Gasteiger partial charge in [0.1, 0.15) is 4.47 Å². The fraction of sp³-hybridized carbons (Fsp3) is 0.636. The third kappa shape index (κ3) is 3.27. The first-order valence-electron chi connectivity index (χ1n) is 5.90. The molecule has 0 radical (unpaired) electrons. The highest BCUT2D eigenvalue weighted by molar-refractivity contribution is 9.10.